The number of aryl methyl sites for hydroxylation is 1. The van der Waals surface area contributed by atoms with E-state index in [1.807, 2.05) is 0 Å². The lowest BCUT2D eigenvalue weighted by atomic mass is 9.93. The number of hydrogen-bond donors (Lipinski definition) is 1. The van der Waals surface area contributed by atoms with Gasteiger partial charge in [0.25, 0.3) is 0 Å². The molecule has 0 bridgehead atoms. The molecule has 1 aliphatic rings. The van der Waals surface area contributed by atoms with Gasteiger partial charge in [-0.25, -0.2) is 0 Å². The summed E-state index contributed by atoms with van der Waals surface area (Å²) in [4.78, 5) is 0. The van der Waals surface area contributed by atoms with Crippen molar-refractivity contribution < 1.29 is 0 Å². The summed E-state index contributed by atoms with van der Waals surface area (Å²) in [5.74, 6) is 0. The molecule has 0 saturated carbocycles. The molecule has 1 heteroatoms. The molecule has 12 heavy (non-hydrogen) atoms. The maximum atomic E-state index is 3.48. The highest BCUT2D eigenvalue weighted by molar-refractivity contribution is 5.36. The van der Waals surface area contributed by atoms with E-state index in [1.54, 1.807) is 0 Å². The van der Waals surface area contributed by atoms with Crippen LogP contribution in [0.15, 0.2) is 18.2 Å². The van der Waals surface area contributed by atoms with Gasteiger partial charge in [-0.3, -0.25) is 0 Å². The van der Waals surface area contributed by atoms with Gasteiger partial charge in [-0.2, -0.15) is 0 Å². The van der Waals surface area contributed by atoms with Crippen LogP contribution in [-0.2, 0) is 13.0 Å². The van der Waals surface area contributed by atoms with E-state index in [2.05, 4.69) is 37.4 Å². The molecular weight excluding hydrogens is 146 g/mol. The maximum Gasteiger partial charge on any atom is 0.0213 e. The van der Waals surface area contributed by atoms with Gasteiger partial charge < -0.3 is 5.32 Å². The first kappa shape index (κ1) is 7.81. The fourth-order valence-electron chi connectivity index (χ4n) is 1.89. The van der Waals surface area contributed by atoms with Gasteiger partial charge in [0.15, 0.2) is 0 Å². The monoisotopic (exact) mass is 161 g/mol. The van der Waals surface area contributed by atoms with Gasteiger partial charge in [-0.1, -0.05) is 18.2 Å². The lowest BCUT2D eigenvalue weighted by Crippen LogP contribution is -2.33. The third kappa shape index (κ3) is 1.25. The van der Waals surface area contributed by atoms with Crippen LogP contribution in [0.2, 0.25) is 0 Å². The molecule has 1 heterocycles. The summed E-state index contributed by atoms with van der Waals surface area (Å²) < 4.78 is 0. The lowest BCUT2D eigenvalue weighted by Gasteiger charge is -2.24. The van der Waals surface area contributed by atoms with Gasteiger partial charge in [0.05, 0.1) is 0 Å². The average Bonchev–Trinajstić information content (AvgIpc) is 2.04. The first-order valence-electron chi connectivity index (χ1n) is 4.58. The second kappa shape index (κ2) is 2.91. The molecule has 1 aromatic rings. The Labute approximate surface area is 73.8 Å². The van der Waals surface area contributed by atoms with Crippen molar-refractivity contribution >= 4 is 0 Å². The molecule has 64 valence electrons. The quantitative estimate of drug-likeness (QED) is 0.614. The highest BCUT2D eigenvalue weighted by Crippen LogP contribution is 2.19. The molecule has 0 unspecified atom stereocenters. The lowest BCUT2D eigenvalue weighted by molar-refractivity contribution is 0.512. The van der Waals surface area contributed by atoms with Crippen molar-refractivity contribution in [1.82, 2.24) is 5.32 Å². The predicted molar refractivity (Wildman–Crippen MR) is 51.2 cm³/mol. The van der Waals surface area contributed by atoms with Crippen molar-refractivity contribution in [2.24, 2.45) is 0 Å². The zero-order valence-corrected chi connectivity index (χ0v) is 7.72. The Bertz CT molecular complexity index is 291. The van der Waals surface area contributed by atoms with E-state index in [0.29, 0.717) is 6.04 Å². The van der Waals surface area contributed by atoms with Gasteiger partial charge in [0.2, 0.25) is 0 Å². The Morgan fingerprint density at radius 1 is 1.42 bits per heavy atom. The standard InChI is InChI=1S/C11H15N/c1-8-4-3-5-10-6-9(2)12-7-11(8)10/h3-5,9,12H,6-7H2,1-2H3/t9-/m0/s1. The minimum atomic E-state index is 0.638. The zero-order chi connectivity index (χ0) is 8.55. The van der Waals surface area contributed by atoms with Crippen LogP contribution in [0.1, 0.15) is 23.6 Å². The van der Waals surface area contributed by atoms with Gasteiger partial charge >= 0.3 is 0 Å². The molecule has 0 aromatic heterocycles. The van der Waals surface area contributed by atoms with Crippen LogP contribution in [0.3, 0.4) is 0 Å². The van der Waals surface area contributed by atoms with E-state index in [-0.39, 0.29) is 0 Å². The van der Waals surface area contributed by atoms with E-state index in [1.165, 1.54) is 23.1 Å². The average molecular weight is 161 g/mol. The summed E-state index contributed by atoms with van der Waals surface area (Å²) in [6.07, 6.45) is 1.18. The first-order valence-corrected chi connectivity index (χ1v) is 4.58. The minimum absolute atomic E-state index is 0.638. The fourth-order valence-corrected chi connectivity index (χ4v) is 1.89. The first-order chi connectivity index (χ1) is 5.77. The van der Waals surface area contributed by atoms with Crippen molar-refractivity contribution in [2.45, 2.75) is 32.9 Å². The van der Waals surface area contributed by atoms with Gasteiger partial charge in [0, 0.05) is 12.6 Å². The summed E-state index contributed by atoms with van der Waals surface area (Å²) in [7, 11) is 0. The molecule has 0 fully saturated rings. The molecule has 1 aliphatic heterocycles. The third-order valence-electron chi connectivity index (χ3n) is 2.66. The minimum Gasteiger partial charge on any atom is -0.310 e. The van der Waals surface area contributed by atoms with Crippen molar-refractivity contribution in [2.75, 3.05) is 0 Å². The molecule has 0 radical (unpaired) electrons. The second-order valence-corrected chi connectivity index (χ2v) is 3.70. The highest BCUT2D eigenvalue weighted by atomic mass is 14.9. The van der Waals surface area contributed by atoms with E-state index in [4.69, 9.17) is 0 Å². The summed E-state index contributed by atoms with van der Waals surface area (Å²) >= 11 is 0. The summed E-state index contributed by atoms with van der Waals surface area (Å²) in [5, 5.41) is 3.48. The van der Waals surface area contributed by atoms with Crippen LogP contribution in [0.4, 0.5) is 0 Å². The number of rotatable bonds is 0. The van der Waals surface area contributed by atoms with E-state index in [9.17, 15) is 0 Å². The number of fused-ring (bicyclic) bond motifs is 1. The zero-order valence-electron chi connectivity index (χ0n) is 7.72. The predicted octanol–water partition coefficient (Wildman–Crippen LogP) is 2.03. The SMILES string of the molecule is Cc1cccc2c1CN[C@@H](C)C2. The molecule has 0 saturated heterocycles. The molecule has 0 spiro atoms. The maximum absolute atomic E-state index is 3.48. The number of hydrogen-bond acceptors (Lipinski definition) is 1. The molecule has 0 amide bonds. The smallest absolute Gasteiger partial charge is 0.0213 e. The van der Waals surface area contributed by atoms with Crippen LogP contribution < -0.4 is 5.32 Å². The molecule has 1 nitrogen and oxygen atoms in total. The van der Waals surface area contributed by atoms with E-state index in [0.717, 1.165) is 6.54 Å². The van der Waals surface area contributed by atoms with Crippen molar-refractivity contribution in [3.63, 3.8) is 0 Å². The largest absolute Gasteiger partial charge is 0.310 e. The van der Waals surface area contributed by atoms with Crippen LogP contribution in [0.25, 0.3) is 0 Å². The second-order valence-electron chi connectivity index (χ2n) is 3.70. The number of nitrogens with one attached hydrogen (secondary N) is 1. The van der Waals surface area contributed by atoms with Crippen molar-refractivity contribution in [3.8, 4) is 0 Å². The normalized spacial score (nSPS) is 22.0. The summed E-state index contributed by atoms with van der Waals surface area (Å²) in [5.41, 5.74) is 4.46. The van der Waals surface area contributed by atoms with Crippen LogP contribution in [0, 0.1) is 6.92 Å². The molecule has 1 aromatic carbocycles. The van der Waals surface area contributed by atoms with Gasteiger partial charge in [-0.05, 0) is 37.0 Å². The molecule has 2 rings (SSSR count). The van der Waals surface area contributed by atoms with Crippen molar-refractivity contribution in [1.29, 1.82) is 0 Å². The molecule has 0 aliphatic carbocycles. The van der Waals surface area contributed by atoms with Crippen LogP contribution in [-0.4, -0.2) is 6.04 Å². The molecular formula is C11H15N. The van der Waals surface area contributed by atoms with Crippen molar-refractivity contribution in [3.05, 3.63) is 34.9 Å². The topological polar surface area (TPSA) is 12.0 Å². The third-order valence-corrected chi connectivity index (χ3v) is 2.66. The van der Waals surface area contributed by atoms with Gasteiger partial charge in [-0.15, -0.1) is 0 Å². The Kier molecular flexibility index (Phi) is 1.89. The van der Waals surface area contributed by atoms with Gasteiger partial charge in [0.1, 0.15) is 0 Å². The summed E-state index contributed by atoms with van der Waals surface area (Å²) in [6, 6.07) is 7.24. The van der Waals surface area contributed by atoms with Crippen LogP contribution in [0.5, 0.6) is 0 Å². The van der Waals surface area contributed by atoms with E-state index < -0.39 is 0 Å². The Hall–Kier alpha value is -0.820. The highest BCUT2D eigenvalue weighted by Gasteiger charge is 2.14. The molecule has 1 N–H and O–H groups in total. The molecule has 1 atom stereocenters. The Morgan fingerprint density at radius 2 is 2.25 bits per heavy atom. The van der Waals surface area contributed by atoms with E-state index >= 15 is 0 Å². The fraction of sp³-hybridized carbons (Fsp3) is 0.455. The summed E-state index contributed by atoms with van der Waals surface area (Å²) in [6.45, 7) is 5.48. The number of benzene rings is 1. The Morgan fingerprint density at radius 3 is 3.08 bits per heavy atom. The Balaban J connectivity index is 2.42. The van der Waals surface area contributed by atoms with Crippen LogP contribution >= 0.6 is 0 Å².